The summed E-state index contributed by atoms with van der Waals surface area (Å²) >= 11 is 3.30. The predicted molar refractivity (Wildman–Crippen MR) is 74.2 cm³/mol. The molecule has 0 radical (unpaired) electrons. The molecule has 1 aliphatic rings. The molecule has 1 aromatic carbocycles. The molecule has 0 aliphatic heterocycles. The van der Waals surface area contributed by atoms with Gasteiger partial charge in [0.1, 0.15) is 5.82 Å². The van der Waals surface area contributed by atoms with Crippen LogP contribution in [0.5, 0.6) is 0 Å². The van der Waals surface area contributed by atoms with Gasteiger partial charge in [-0.1, -0.05) is 32.3 Å². The van der Waals surface area contributed by atoms with Gasteiger partial charge in [-0.25, -0.2) is 4.39 Å². The molecule has 0 bridgehead atoms. The second-order valence-electron chi connectivity index (χ2n) is 5.02. The molecule has 0 amide bonds. The van der Waals surface area contributed by atoms with E-state index in [0.29, 0.717) is 10.4 Å². The third kappa shape index (κ3) is 2.66. The summed E-state index contributed by atoms with van der Waals surface area (Å²) in [5, 5.41) is 0. The van der Waals surface area contributed by atoms with Crippen molar-refractivity contribution in [1.29, 1.82) is 0 Å². The molecule has 1 aliphatic carbocycles. The Labute approximate surface area is 116 Å². The van der Waals surface area contributed by atoms with Crippen molar-refractivity contribution in [2.24, 2.45) is 11.8 Å². The van der Waals surface area contributed by atoms with Crippen molar-refractivity contribution in [3.63, 3.8) is 0 Å². The molecule has 0 saturated heterocycles. The first-order chi connectivity index (χ1) is 8.65. The summed E-state index contributed by atoms with van der Waals surface area (Å²) in [6.45, 7) is 2.12. The lowest BCUT2D eigenvalue weighted by Crippen LogP contribution is -2.27. The van der Waals surface area contributed by atoms with Crippen LogP contribution in [-0.2, 0) is 0 Å². The average molecular weight is 313 g/mol. The number of ketones is 1. The quantitative estimate of drug-likeness (QED) is 0.719. The van der Waals surface area contributed by atoms with Gasteiger partial charge in [-0.2, -0.15) is 0 Å². The van der Waals surface area contributed by atoms with E-state index in [-0.39, 0.29) is 17.3 Å². The Hall–Kier alpha value is -0.700. The van der Waals surface area contributed by atoms with Gasteiger partial charge in [0.15, 0.2) is 5.78 Å². The van der Waals surface area contributed by atoms with E-state index >= 15 is 0 Å². The van der Waals surface area contributed by atoms with Crippen molar-refractivity contribution < 1.29 is 9.18 Å². The topological polar surface area (TPSA) is 17.1 Å². The molecule has 0 heterocycles. The zero-order valence-corrected chi connectivity index (χ0v) is 12.2. The van der Waals surface area contributed by atoms with Crippen LogP contribution in [0.3, 0.4) is 0 Å². The number of hydrogen-bond donors (Lipinski definition) is 0. The van der Waals surface area contributed by atoms with Crippen LogP contribution >= 0.6 is 15.9 Å². The molecule has 2 atom stereocenters. The van der Waals surface area contributed by atoms with Gasteiger partial charge in [-0.3, -0.25) is 4.79 Å². The van der Waals surface area contributed by atoms with E-state index in [0.717, 1.165) is 25.7 Å². The van der Waals surface area contributed by atoms with Gasteiger partial charge in [0.05, 0.1) is 5.56 Å². The highest BCUT2D eigenvalue weighted by molar-refractivity contribution is 9.10. The van der Waals surface area contributed by atoms with Crippen LogP contribution in [-0.4, -0.2) is 5.78 Å². The molecule has 1 saturated carbocycles. The van der Waals surface area contributed by atoms with Crippen molar-refractivity contribution in [3.8, 4) is 0 Å². The van der Waals surface area contributed by atoms with Crippen LogP contribution in [0.1, 0.15) is 49.4 Å². The highest BCUT2D eigenvalue weighted by Gasteiger charge is 2.32. The first kappa shape index (κ1) is 13.7. The Morgan fingerprint density at radius 2 is 2.11 bits per heavy atom. The van der Waals surface area contributed by atoms with Gasteiger partial charge in [0.2, 0.25) is 0 Å². The summed E-state index contributed by atoms with van der Waals surface area (Å²) in [5.41, 5.74) is 0.239. The lowest BCUT2D eigenvalue weighted by Gasteiger charge is -2.30. The molecule has 0 aromatic heterocycles. The molecule has 3 heteroatoms. The van der Waals surface area contributed by atoms with Gasteiger partial charge in [-0.05, 0) is 46.8 Å². The summed E-state index contributed by atoms with van der Waals surface area (Å²) in [6, 6.07) is 4.72. The minimum Gasteiger partial charge on any atom is -0.294 e. The minimum absolute atomic E-state index is 0.00282. The average Bonchev–Trinajstić information content (AvgIpc) is 2.38. The van der Waals surface area contributed by atoms with Gasteiger partial charge in [0, 0.05) is 10.4 Å². The van der Waals surface area contributed by atoms with Gasteiger partial charge < -0.3 is 0 Å². The first-order valence-corrected chi connectivity index (χ1v) is 7.42. The third-order valence-corrected chi connectivity index (χ3v) is 4.64. The lowest BCUT2D eigenvalue weighted by molar-refractivity contribution is 0.0815. The highest BCUT2D eigenvalue weighted by Crippen LogP contribution is 2.36. The summed E-state index contributed by atoms with van der Waals surface area (Å²) in [4.78, 5) is 12.5. The normalized spacial score (nSPS) is 23.9. The van der Waals surface area contributed by atoms with Crippen LogP contribution in [0, 0.1) is 17.7 Å². The molecule has 0 N–H and O–H groups in total. The van der Waals surface area contributed by atoms with Crippen molar-refractivity contribution in [2.45, 2.75) is 39.0 Å². The Kier molecular flexibility index (Phi) is 4.55. The molecule has 18 heavy (non-hydrogen) atoms. The standard InChI is InChI=1S/C15H18BrFO/c1-2-10-6-3-4-7-11(10)15(18)14-12(16)8-5-9-13(14)17/h5,8-11H,2-4,6-7H2,1H3. The fourth-order valence-corrected chi connectivity index (χ4v) is 3.50. The maximum absolute atomic E-state index is 13.8. The second kappa shape index (κ2) is 5.96. The minimum atomic E-state index is -0.408. The first-order valence-electron chi connectivity index (χ1n) is 6.63. The molecule has 2 rings (SSSR count). The molecule has 2 unspecified atom stereocenters. The Balaban J connectivity index is 2.30. The maximum atomic E-state index is 13.8. The van der Waals surface area contributed by atoms with E-state index in [2.05, 4.69) is 22.9 Å². The molecule has 1 nitrogen and oxygen atoms in total. The molecule has 0 spiro atoms. The predicted octanol–water partition coefficient (Wildman–Crippen LogP) is 4.99. The Bertz CT molecular complexity index is 424. The smallest absolute Gasteiger partial charge is 0.170 e. The van der Waals surface area contributed by atoms with Crippen molar-refractivity contribution in [2.75, 3.05) is 0 Å². The van der Waals surface area contributed by atoms with E-state index in [9.17, 15) is 9.18 Å². The van der Waals surface area contributed by atoms with Crippen molar-refractivity contribution >= 4 is 21.7 Å². The maximum Gasteiger partial charge on any atom is 0.170 e. The van der Waals surface area contributed by atoms with Crippen molar-refractivity contribution in [3.05, 3.63) is 34.1 Å². The van der Waals surface area contributed by atoms with Crippen LogP contribution < -0.4 is 0 Å². The van der Waals surface area contributed by atoms with Gasteiger partial charge >= 0.3 is 0 Å². The van der Waals surface area contributed by atoms with Crippen LogP contribution in [0.15, 0.2) is 22.7 Å². The number of carbonyl (C=O) groups is 1. The summed E-state index contributed by atoms with van der Waals surface area (Å²) < 4.78 is 14.4. The van der Waals surface area contributed by atoms with Gasteiger partial charge in [-0.15, -0.1) is 0 Å². The zero-order chi connectivity index (χ0) is 13.1. The summed E-state index contributed by atoms with van der Waals surface area (Å²) in [6.07, 6.45) is 5.28. The van der Waals surface area contributed by atoms with Crippen LogP contribution in [0.25, 0.3) is 0 Å². The van der Waals surface area contributed by atoms with E-state index in [1.165, 1.54) is 12.5 Å². The molecule has 1 fully saturated rings. The SMILES string of the molecule is CCC1CCCCC1C(=O)c1c(F)cccc1Br. The molecular formula is C15H18BrFO. The summed E-state index contributed by atoms with van der Waals surface area (Å²) in [7, 11) is 0. The molecule has 98 valence electrons. The van der Waals surface area contributed by atoms with Crippen molar-refractivity contribution in [1.82, 2.24) is 0 Å². The number of halogens is 2. The number of Topliss-reactive ketones (excluding diaryl/α,β-unsaturated/α-hetero) is 1. The third-order valence-electron chi connectivity index (χ3n) is 3.98. The number of benzene rings is 1. The Morgan fingerprint density at radius 3 is 2.78 bits per heavy atom. The second-order valence-corrected chi connectivity index (χ2v) is 5.87. The van der Waals surface area contributed by atoms with Crippen LogP contribution in [0.2, 0.25) is 0 Å². The van der Waals surface area contributed by atoms with E-state index in [1.54, 1.807) is 12.1 Å². The number of carbonyl (C=O) groups excluding carboxylic acids is 1. The molecular weight excluding hydrogens is 295 g/mol. The van der Waals surface area contributed by atoms with E-state index in [4.69, 9.17) is 0 Å². The van der Waals surface area contributed by atoms with E-state index < -0.39 is 5.82 Å². The summed E-state index contributed by atoms with van der Waals surface area (Å²) in [5.74, 6) is -0.0176. The number of rotatable bonds is 3. The van der Waals surface area contributed by atoms with Gasteiger partial charge in [0.25, 0.3) is 0 Å². The van der Waals surface area contributed by atoms with E-state index in [1.807, 2.05) is 0 Å². The highest BCUT2D eigenvalue weighted by atomic mass is 79.9. The fourth-order valence-electron chi connectivity index (χ4n) is 2.96. The Morgan fingerprint density at radius 1 is 1.39 bits per heavy atom. The lowest BCUT2D eigenvalue weighted by atomic mass is 9.74. The number of hydrogen-bond acceptors (Lipinski definition) is 1. The van der Waals surface area contributed by atoms with Crippen LogP contribution in [0.4, 0.5) is 4.39 Å². The monoisotopic (exact) mass is 312 g/mol. The molecule has 1 aromatic rings. The zero-order valence-electron chi connectivity index (χ0n) is 10.6. The fraction of sp³-hybridized carbons (Fsp3) is 0.533. The largest absolute Gasteiger partial charge is 0.294 e.